The van der Waals surface area contributed by atoms with Crippen LogP contribution in [-0.2, 0) is 35.7 Å². The number of fused-ring (bicyclic) bond motifs is 2. The van der Waals surface area contributed by atoms with Crippen molar-refractivity contribution in [3.05, 3.63) is 33.0 Å². The van der Waals surface area contributed by atoms with E-state index >= 15 is 0 Å². The summed E-state index contributed by atoms with van der Waals surface area (Å²) in [6.07, 6.45) is 8.17. The summed E-state index contributed by atoms with van der Waals surface area (Å²) in [6, 6.07) is 1.54. The second-order valence-electron chi connectivity index (χ2n) is 7.64. The molecule has 1 fully saturated rings. The summed E-state index contributed by atoms with van der Waals surface area (Å²) >= 11 is 1.74. The third kappa shape index (κ3) is 4.82. The Morgan fingerprint density at radius 3 is 2.36 bits per heavy atom. The van der Waals surface area contributed by atoms with Crippen molar-refractivity contribution >= 4 is 33.5 Å². The van der Waals surface area contributed by atoms with Crippen molar-refractivity contribution in [1.29, 1.82) is 0 Å². The van der Waals surface area contributed by atoms with E-state index in [1.807, 2.05) is 6.26 Å². The van der Waals surface area contributed by atoms with E-state index in [2.05, 4.69) is 21.0 Å². The van der Waals surface area contributed by atoms with Crippen molar-refractivity contribution in [3.63, 3.8) is 0 Å². The SMILES string of the molecule is CSCCN1CC(S(=O)(=O)[N-]C(=O)Nc2c3c(cc4c2CCC4)CCC3)C1.[K+]. The molecule has 1 N–H and O–H groups in total. The van der Waals surface area contributed by atoms with Crippen LogP contribution in [-0.4, -0.2) is 56.2 Å². The summed E-state index contributed by atoms with van der Waals surface area (Å²) in [5, 5.41) is 2.29. The van der Waals surface area contributed by atoms with Crippen LogP contribution in [0.1, 0.15) is 35.1 Å². The molecule has 2 aliphatic carbocycles. The second-order valence-corrected chi connectivity index (χ2v) is 10.5. The summed E-state index contributed by atoms with van der Waals surface area (Å²) < 4.78 is 28.5. The van der Waals surface area contributed by atoms with Gasteiger partial charge in [-0.15, -0.1) is 0 Å². The molecular formula is C19H26KN3O3S2. The van der Waals surface area contributed by atoms with Gasteiger partial charge in [0.2, 0.25) is 0 Å². The van der Waals surface area contributed by atoms with Crippen molar-refractivity contribution in [3.8, 4) is 0 Å². The van der Waals surface area contributed by atoms with Crippen molar-refractivity contribution in [2.75, 3.05) is 37.0 Å². The number of sulfonamides is 1. The van der Waals surface area contributed by atoms with Crippen LogP contribution in [0.25, 0.3) is 4.72 Å². The number of nitrogens with zero attached hydrogens (tertiary/aromatic N) is 2. The molecule has 1 heterocycles. The number of rotatable bonds is 6. The van der Waals surface area contributed by atoms with Gasteiger partial charge in [-0.05, 0) is 72.7 Å². The van der Waals surface area contributed by atoms with E-state index in [0.717, 1.165) is 56.5 Å². The Hall–Kier alpha value is 0.386. The monoisotopic (exact) mass is 447 g/mol. The van der Waals surface area contributed by atoms with Crippen LogP contribution in [0.5, 0.6) is 0 Å². The molecule has 4 rings (SSSR count). The molecule has 3 aliphatic rings. The number of amides is 2. The van der Waals surface area contributed by atoms with Gasteiger partial charge in [-0.1, -0.05) is 6.07 Å². The zero-order chi connectivity index (χ0) is 19.0. The van der Waals surface area contributed by atoms with E-state index < -0.39 is 21.3 Å². The maximum Gasteiger partial charge on any atom is 1.00 e. The van der Waals surface area contributed by atoms with Gasteiger partial charge in [-0.2, -0.15) is 11.8 Å². The van der Waals surface area contributed by atoms with Crippen molar-refractivity contribution in [2.45, 2.75) is 43.8 Å². The number of carbonyl (C=O) groups is 1. The largest absolute Gasteiger partial charge is 1.00 e. The molecule has 2 amide bonds. The van der Waals surface area contributed by atoms with Crippen LogP contribution in [0.3, 0.4) is 0 Å². The Labute approximate surface area is 214 Å². The van der Waals surface area contributed by atoms with E-state index in [0.29, 0.717) is 13.1 Å². The van der Waals surface area contributed by atoms with E-state index in [1.165, 1.54) is 22.3 Å². The van der Waals surface area contributed by atoms with E-state index in [-0.39, 0.29) is 51.4 Å². The molecule has 0 spiro atoms. The first-order chi connectivity index (χ1) is 13.0. The number of benzene rings is 1. The number of hydrogen-bond donors (Lipinski definition) is 1. The Bertz CT molecular complexity index is 822. The van der Waals surface area contributed by atoms with E-state index in [1.54, 1.807) is 11.8 Å². The number of aryl methyl sites for hydroxylation is 2. The summed E-state index contributed by atoms with van der Waals surface area (Å²) in [5.41, 5.74) is 5.82. The average Bonchev–Trinajstić information content (AvgIpc) is 3.21. The summed E-state index contributed by atoms with van der Waals surface area (Å²) in [4.78, 5) is 14.5. The first kappa shape index (κ1) is 23.1. The second kappa shape index (κ2) is 9.68. The molecular weight excluding hydrogens is 421 g/mol. The van der Waals surface area contributed by atoms with Crippen LogP contribution in [0.2, 0.25) is 0 Å². The number of urea groups is 1. The number of anilines is 1. The maximum atomic E-state index is 12.5. The van der Waals surface area contributed by atoms with Gasteiger partial charge in [0.05, 0.1) is 5.25 Å². The van der Waals surface area contributed by atoms with E-state index in [9.17, 15) is 13.2 Å². The predicted molar refractivity (Wildman–Crippen MR) is 110 cm³/mol. The van der Waals surface area contributed by atoms with E-state index in [4.69, 9.17) is 0 Å². The van der Waals surface area contributed by atoms with Gasteiger partial charge in [0.25, 0.3) is 0 Å². The fourth-order valence-corrected chi connectivity index (χ4v) is 6.07. The number of thioether (sulfide) groups is 1. The molecule has 0 saturated carbocycles. The van der Waals surface area contributed by atoms with Gasteiger partial charge in [0, 0.05) is 25.4 Å². The number of hydrogen-bond acceptors (Lipinski definition) is 5. The van der Waals surface area contributed by atoms with Crippen LogP contribution in [0.15, 0.2) is 6.07 Å². The van der Waals surface area contributed by atoms with Gasteiger partial charge in [0.1, 0.15) is 0 Å². The molecule has 0 atom stereocenters. The molecule has 0 radical (unpaired) electrons. The Kier molecular flexibility index (Phi) is 7.97. The Balaban J connectivity index is 0.00000225. The molecule has 1 aliphatic heterocycles. The molecule has 1 aromatic rings. The summed E-state index contributed by atoms with van der Waals surface area (Å²) in [5.74, 6) is 0.981. The fourth-order valence-electron chi connectivity index (χ4n) is 4.40. The number of likely N-dealkylation sites (tertiary alicyclic amines) is 1. The minimum absolute atomic E-state index is 0. The average molecular weight is 448 g/mol. The molecule has 1 aromatic carbocycles. The van der Waals surface area contributed by atoms with Crippen LogP contribution >= 0.6 is 11.8 Å². The standard InChI is InChI=1S/C19H27N3O3S2.K/c1-26-9-8-22-11-15(12-22)27(24,25)21-19(23)20-18-16-6-2-4-13(16)10-14-5-3-7-17(14)18;/h10,15H,2-9,11-12H2,1H3,(H2,20,21,23);/q;+1/p-1. The molecule has 148 valence electrons. The van der Waals surface area contributed by atoms with Gasteiger partial charge < -0.3 is 10.0 Å². The van der Waals surface area contributed by atoms with Gasteiger partial charge in [0.15, 0.2) is 16.1 Å². The quantitative estimate of drug-likeness (QED) is 0.619. The zero-order valence-corrected chi connectivity index (χ0v) is 21.4. The van der Waals surface area contributed by atoms with Crippen molar-refractivity contribution in [2.24, 2.45) is 0 Å². The maximum absolute atomic E-state index is 12.5. The third-order valence-electron chi connectivity index (χ3n) is 5.87. The van der Waals surface area contributed by atoms with Crippen LogP contribution in [0.4, 0.5) is 10.5 Å². The third-order valence-corrected chi connectivity index (χ3v) is 8.02. The first-order valence-electron chi connectivity index (χ1n) is 9.63. The minimum Gasteiger partial charge on any atom is -0.423 e. The predicted octanol–water partition coefficient (Wildman–Crippen LogP) is -0.0494. The Morgan fingerprint density at radius 1 is 1.18 bits per heavy atom. The van der Waals surface area contributed by atoms with Gasteiger partial charge in [-0.25, -0.2) is 8.42 Å². The Morgan fingerprint density at radius 2 is 1.79 bits per heavy atom. The van der Waals surface area contributed by atoms with Crippen LogP contribution < -0.4 is 56.7 Å². The molecule has 9 heteroatoms. The number of carbonyl (C=O) groups excluding carboxylic acids is 1. The smallest absolute Gasteiger partial charge is 0.423 e. The zero-order valence-electron chi connectivity index (χ0n) is 16.7. The van der Waals surface area contributed by atoms with Crippen molar-refractivity contribution in [1.82, 2.24) is 4.90 Å². The van der Waals surface area contributed by atoms with Crippen molar-refractivity contribution < 1.29 is 64.6 Å². The first-order valence-corrected chi connectivity index (χ1v) is 12.5. The molecule has 0 bridgehead atoms. The molecule has 0 aromatic heterocycles. The van der Waals surface area contributed by atoms with Crippen LogP contribution in [0, 0.1) is 0 Å². The molecule has 0 unspecified atom stereocenters. The summed E-state index contributed by atoms with van der Waals surface area (Å²) in [7, 11) is -3.76. The van der Waals surface area contributed by atoms with Gasteiger partial charge in [-0.3, -0.25) is 9.69 Å². The summed E-state index contributed by atoms with van der Waals surface area (Å²) in [6.45, 7) is 1.81. The normalized spacial score (nSPS) is 18.8. The van der Waals surface area contributed by atoms with Gasteiger partial charge >= 0.3 is 51.4 Å². The topological polar surface area (TPSA) is 80.6 Å². The molecule has 28 heavy (non-hydrogen) atoms. The molecule has 1 saturated heterocycles. The molecule has 6 nitrogen and oxygen atoms in total. The number of nitrogens with one attached hydrogen (secondary N) is 1. The fraction of sp³-hybridized carbons (Fsp3) is 0.632. The minimum atomic E-state index is -3.76.